The van der Waals surface area contributed by atoms with E-state index in [-0.39, 0.29) is 0 Å². The number of halogens is 2. The number of hydrogen-bond acceptors (Lipinski definition) is 1. The maximum absolute atomic E-state index is 6.39. The smallest absolute Gasteiger partial charge is 0.0625 e. The van der Waals surface area contributed by atoms with E-state index in [0.717, 1.165) is 11.1 Å². The fraction of sp³-hybridized carbons (Fsp3) is 0.200. The highest BCUT2D eigenvalue weighted by Crippen LogP contribution is 2.30. The van der Waals surface area contributed by atoms with Crippen molar-refractivity contribution in [1.82, 2.24) is 0 Å². The van der Waals surface area contributed by atoms with Crippen molar-refractivity contribution >= 4 is 23.2 Å². The molecule has 2 aromatic carbocycles. The van der Waals surface area contributed by atoms with Gasteiger partial charge >= 0.3 is 0 Å². The quantitative estimate of drug-likeness (QED) is 0.885. The molecule has 0 radical (unpaired) electrons. The fourth-order valence-electron chi connectivity index (χ4n) is 2.00. The summed E-state index contributed by atoms with van der Waals surface area (Å²) in [5.41, 5.74) is 7.98. The highest BCUT2D eigenvalue weighted by atomic mass is 35.5. The van der Waals surface area contributed by atoms with Gasteiger partial charge in [-0.25, -0.2) is 0 Å². The molecule has 0 saturated heterocycles. The van der Waals surface area contributed by atoms with Crippen LogP contribution in [0.2, 0.25) is 10.0 Å². The van der Waals surface area contributed by atoms with Gasteiger partial charge in [0.25, 0.3) is 0 Å². The molecule has 0 aromatic heterocycles. The van der Waals surface area contributed by atoms with Crippen molar-refractivity contribution in [3.8, 4) is 0 Å². The summed E-state index contributed by atoms with van der Waals surface area (Å²) in [6, 6.07) is 15.6. The van der Waals surface area contributed by atoms with Crippen LogP contribution in [0.3, 0.4) is 0 Å². The zero-order valence-corrected chi connectivity index (χ0v) is 11.7. The summed E-state index contributed by atoms with van der Waals surface area (Å²) in [4.78, 5) is 0. The SMILES string of the molecule is CC(N)(Cc1cccc(Cl)c1Cl)c1ccccc1. The summed E-state index contributed by atoms with van der Waals surface area (Å²) in [7, 11) is 0. The molecule has 0 bridgehead atoms. The molecule has 0 aliphatic rings. The minimum atomic E-state index is -0.463. The Morgan fingerprint density at radius 1 is 1.00 bits per heavy atom. The third-order valence-electron chi connectivity index (χ3n) is 3.02. The predicted octanol–water partition coefficient (Wildman–Crippen LogP) is 4.41. The summed E-state index contributed by atoms with van der Waals surface area (Å²) in [6.07, 6.45) is 0.649. The lowest BCUT2D eigenvalue weighted by atomic mass is 9.87. The molecule has 94 valence electrons. The first-order chi connectivity index (χ1) is 8.50. The second-order valence-corrected chi connectivity index (χ2v) is 5.46. The van der Waals surface area contributed by atoms with Crippen molar-refractivity contribution in [2.24, 2.45) is 5.73 Å². The summed E-state index contributed by atoms with van der Waals surface area (Å²) in [6.45, 7) is 2.00. The number of rotatable bonds is 3. The van der Waals surface area contributed by atoms with Crippen LogP contribution in [-0.4, -0.2) is 0 Å². The molecule has 2 aromatic rings. The number of hydrogen-bond donors (Lipinski definition) is 1. The van der Waals surface area contributed by atoms with Crippen molar-refractivity contribution in [2.45, 2.75) is 18.9 Å². The Kier molecular flexibility index (Phi) is 3.96. The van der Waals surface area contributed by atoms with Crippen LogP contribution in [0.25, 0.3) is 0 Å². The second-order valence-electron chi connectivity index (χ2n) is 4.67. The Hall–Kier alpha value is -1.02. The molecule has 1 nitrogen and oxygen atoms in total. The van der Waals surface area contributed by atoms with Crippen LogP contribution >= 0.6 is 23.2 Å². The van der Waals surface area contributed by atoms with Gasteiger partial charge in [-0.1, -0.05) is 65.7 Å². The Morgan fingerprint density at radius 2 is 1.67 bits per heavy atom. The average Bonchev–Trinajstić information content (AvgIpc) is 2.36. The average molecular weight is 280 g/mol. The van der Waals surface area contributed by atoms with E-state index in [2.05, 4.69) is 0 Å². The first-order valence-corrected chi connectivity index (χ1v) is 6.53. The van der Waals surface area contributed by atoms with Gasteiger partial charge in [-0.3, -0.25) is 0 Å². The maximum atomic E-state index is 6.39. The first-order valence-electron chi connectivity index (χ1n) is 5.78. The lowest BCUT2D eigenvalue weighted by molar-refractivity contribution is 0.491. The van der Waals surface area contributed by atoms with Gasteiger partial charge in [-0.05, 0) is 30.5 Å². The lowest BCUT2D eigenvalue weighted by Gasteiger charge is -2.26. The van der Waals surface area contributed by atoms with E-state index in [0.29, 0.717) is 16.5 Å². The van der Waals surface area contributed by atoms with Gasteiger partial charge in [0.1, 0.15) is 0 Å². The van der Waals surface area contributed by atoms with Gasteiger partial charge in [-0.15, -0.1) is 0 Å². The zero-order valence-electron chi connectivity index (χ0n) is 10.2. The molecular formula is C15H15Cl2N. The Bertz CT molecular complexity index is 535. The summed E-state index contributed by atoms with van der Waals surface area (Å²) < 4.78 is 0. The molecule has 3 heteroatoms. The normalized spacial score (nSPS) is 14.2. The van der Waals surface area contributed by atoms with E-state index in [4.69, 9.17) is 28.9 Å². The molecular weight excluding hydrogens is 265 g/mol. The predicted molar refractivity (Wildman–Crippen MR) is 78.1 cm³/mol. The lowest BCUT2D eigenvalue weighted by Crippen LogP contribution is -2.35. The van der Waals surface area contributed by atoms with Crippen LogP contribution in [-0.2, 0) is 12.0 Å². The third kappa shape index (κ3) is 2.86. The number of benzene rings is 2. The van der Waals surface area contributed by atoms with Crippen molar-refractivity contribution in [3.05, 3.63) is 69.7 Å². The van der Waals surface area contributed by atoms with Gasteiger partial charge in [-0.2, -0.15) is 0 Å². The molecule has 0 spiro atoms. The molecule has 0 aliphatic heterocycles. The molecule has 1 atom stereocenters. The van der Waals surface area contributed by atoms with Crippen molar-refractivity contribution < 1.29 is 0 Å². The molecule has 0 fully saturated rings. The van der Waals surface area contributed by atoms with Crippen LogP contribution in [0, 0.1) is 0 Å². The van der Waals surface area contributed by atoms with Crippen LogP contribution in [0.15, 0.2) is 48.5 Å². The van der Waals surface area contributed by atoms with Gasteiger partial charge in [0.2, 0.25) is 0 Å². The van der Waals surface area contributed by atoms with Gasteiger partial charge < -0.3 is 5.73 Å². The highest BCUT2D eigenvalue weighted by molar-refractivity contribution is 6.42. The van der Waals surface area contributed by atoms with Crippen molar-refractivity contribution in [3.63, 3.8) is 0 Å². The standard InChI is InChI=1S/C15H15Cl2N/c1-15(18,12-7-3-2-4-8-12)10-11-6-5-9-13(16)14(11)17/h2-9H,10,18H2,1H3. The van der Waals surface area contributed by atoms with E-state index in [9.17, 15) is 0 Å². The zero-order chi connectivity index (χ0) is 13.2. The minimum Gasteiger partial charge on any atom is -0.321 e. The molecule has 18 heavy (non-hydrogen) atoms. The van der Waals surface area contributed by atoms with E-state index in [1.165, 1.54) is 0 Å². The van der Waals surface area contributed by atoms with Crippen molar-refractivity contribution in [1.29, 1.82) is 0 Å². The van der Waals surface area contributed by atoms with E-state index >= 15 is 0 Å². The van der Waals surface area contributed by atoms with E-state index < -0.39 is 5.54 Å². The van der Waals surface area contributed by atoms with Crippen LogP contribution < -0.4 is 5.73 Å². The van der Waals surface area contributed by atoms with Gasteiger partial charge in [0, 0.05) is 5.54 Å². The first kappa shape index (κ1) is 13.4. The third-order valence-corrected chi connectivity index (χ3v) is 3.88. The Labute approximate surface area is 118 Å². The Morgan fingerprint density at radius 3 is 2.33 bits per heavy atom. The van der Waals surface area contributed by atoms with Crippen LogP contribution in [0.5, 0.6) is 0 Å². The van der Waals surface area contributed by atoms with Gasteiger partial charge in [0.05, 0.1) is 10.0 Å². The molecule has 2 N–H and O–H groups in total. The van der Waals surface area contributed by atoms with E-state index in [1.807, 2.05) is 49.4 Å². The van der Waals surface area contributed by atoms with E-state index in [1.54, 1.807) is 6.07 Å². The minimum absolute atomic E-state index is 0.463. The largest absolute Gasteiger partial charge is 0.321 e. The molecule has 0 saturated carbocycles. The molecule has 1 unspecified atom stereocenters. The summed E-state index contributed by atoms with van der Waals surface area (Å²) in [5.74, 6) is 0. The van der Waals surface area contributed by atoms with Crippen LogP contribution in [0.4, 0.5) is 0 Å². The molecule has 0 amide bonds. The second kappa shape index (κ2) is 5.31. The monoisotopic (exact) mass is 279 g/mol. The molecule has 0 heterocycles. The van der Waals surface area contributed by atoms with Crippen molar-refractivity contribution in [2.75, 3.05) is 0 Å². The molecule has 2 rings (SSSR count). The molecule has 0 aliphatic carbocycles. The maximum Gasteiger partial charge on any atom is 0.0625 e. The highest BCUT2D eigenvalue weighted by Gasteiger charge is 2.22. The van der Waals surface area contributed by atoms with Crippen LogP contribution in [0.1, 0.15) is 18.1 Å². The summed E-state index contributed by atoms with van der Waals surface area (Å²) in [5, 5.41) is 1.16. The summed E-state index contributed by atoms with van der Waals surface area (Å²) >= 11 is 12.2. The fourth-order valence-corrected chi connectivity index (χ4v) is 2.39. The van der Waals surface area contributed by atoms with Gasteiger partial charge in [0.15, 0.2) is 0 Å². The topological polar surface area (TPSA) is 26.0 Å². The Balaban J connectivity index is 2.31. The number of nitrogens with two attached hydrogens (primary N) is 1.